The number of nitrogens with one attached hydrogen (secondary N) is 1. The smallest absolute Gasteiger partial charge is 0.255 e. The summed E-state index contributed by atoms with van der Waals surface area (Å²) in [6.45, 7) is 2.91. The monoisotopic (exact) mass is 377 g/mol. The predicted molar refractivity (Wildman–Crippen MR) is 109 cm³/mol. The molecule has 0 unspecified atom stereocenters. The summed E-state index contributed by atoms with van der Waals surface area (Å²) in [5, 5.41) is 2.87. The van der Waals surface area contributed by atoms with Crippen LogP contribution in [-0.2, 0) is 6.61 Å². The first-order chi connectivity index (χ1) is 13.7. The van der Waals surface area contributed by atoms with E-state index in [1.165, 1.54) is 0 Å². The van der Waals surface area contributed by atoms with Crippen molar-refractivity contribution < 1.29 is 19.0 Å². The van der Waals surface area contributed by atoms with Crippen LogP contribution in [0, 0.1) is 0 Å². The van der Waals surface area contributed by atoms with Crippen LogP contribution in [0.1, 0.15) is 22.8 Å². The summed E-state index contributed by atoms with van der Waals surface area (Å²) >= 11 is 0. The van der Waals surface area contributed by atoms with Crippen LogP contribution in [0.4, 0.5) is 5.69 Å². The molecule has 3 aromatic rings. The highest BCUT2D eigenvalue weighted by Crippen LogP contribution is 2.27. The van der Waals surface area contributed by atoms with Gasteiger partial charge >= 0.3 is 0 Å². The molecule has 5 heteroatoms. The fourth-order valence-corrected chi connectivity index (χ4v) is 2.64. The average molecular weight is 377 g/mol. The van der Waals surface area contributed by atoms with E-state index in [9.17, 15) is 4.79 Å². The van der Waals surface area contributed by atoms with Crippen LogP contribution in [0.25, 0.3) is 0 Å². The number of methoxy groups -OCH3 is 1. The van der Waals surface area contributed by atoms with E-state index in [-0.39, 0.29) is 5.91 Å². The Morgan fingerprint density at radius 1 is 0.857 bits per heavy atom. The minimum Gasteiger partial charge on any atom is -0.497 e. The lowest BCUT2D eigenvalue weighted by Crippen LogP contribution is -2.11. The summed E-state index contributed by atoms with van der Waals surface area (Å²) in [5.41, 5.74) is 2.26. The van der Waals surface area contributed by atoms with Gasteiger partial charge in [-0.3, -0.25) is 4.79 Å². The van der Waals surface area contributed by atoms with Crippen molar-refractivity contribution in [1.82, 2.24) is 0 Å². The summed E-state index contributed by atoms with van der Waals surface area (Å²) in [7, 11) is 1.61. The number of anilines is 1. The van der Waals surface area contributed by atoms with Crippen molar-refractivity contribution >= 4 is 11.6 Å². The van der Waals surface area contributed by atoms with Crippen molar-refractivity contribution in [3.8, 4) is 17.2 Å². The molecule has 1 N–H and O–H groups in total. The van der Waals surface area contributed by atoms with Crippen molar-refractivity contribution in [2.75, 3.05) is 19.0 Å². The number of hydrogen-bond acceptors (Lipinski definition) is 4. The second-order valence-electron chi connectivity index (χ2n) is 6.05. The van der Waals surface area contributed by atoms with E-state index >= 15 is 0 Å². The molecule has 0 aliphatic heterocycles. The molecule has 0 radical (unpaired) electrons. The van der Waals surface area contributed by atoms with Crippen LogP contribution < -0.4 is 19.5 Å². The van der Waals surface area contributed by atoms with E-state index < -0.39 is 0 Å². The normalized spacial score (nSPS) is 10.2. The first-order valence-electron chi connectivity index (χ1n) is 9.08. The van der Waals surface area contributed by atoms with Gasteiger partial charge in [-0.2, -0.15) is 0 Å². The van der Waals surface area contributed by atoms with Gasteiger partial charge in [-0.15, -0.1) is 0 Å². The molecule has 3 aromatic carbocycles. The highest BCUT2D eigenvalue weighted by atomic mass is 16.5. The van der Waals surface area contributed by atoms with E-state index in [4.69, 9.17) is 14.2 Å². The first-order valence-corrected chi connectivity index (χ1v) is 9.08. The molecule has 5 nitrogen and oxygen atoms in total. The fraction of sp³-hybridized carbons (Fsp3) is 0.174. The molecule has 0 atom stereocenters. The van der Waals surface area contributed by atoms with E-state index in [2.05, 4.69) is 5.32 Å². The molecular formula is C23H23NO4. The van der Waals surface area contributed by atoms with Gasteiger partial charge in [0, 0.05) is 11.3 Å². The van der Waals surface area contributed by atoms with Gasteiger partial charge in [0.05, 0.1) is 13.7 Å². The molecule has 0 fully saturated rings. The molecule has 0 saturated carbocycles. The van der Waals surface area contributed by atoms with Crippen molar-refractivity contribution in [1.29, 1.82) is 0 Å². The zero-order chi connectivity index (χ0) is 19.8. The summed E-state index contributed by atoms with van der Waals surface area (Å²) in [5.74, 6) is 2.00. The first kappa shape index (κ1) is 19.3. The van der Waals surface area contributed by atoms with Crippen LogP contribution in [-0.4, -0.2) is 19.6 Å². The number of carbonyl (C=O) groups excluding carboxylic acids is 1. The minimum absolute atomic E-state index is 0.167. The summed E-state index contributed by atoms with van der Waals surface area (Å²) in [6.07, 6.45) is 0. The zero-order valence-corrected chi connectivity index (χ0v) is 16.0. The Labute approximate surface area is 164 Å². The van der Waals surface area contributed by atoms with Crippen LogP contribution in [0.5, 0.6) is 17.2 Å². The van der Waals surface area contributed by atoms with Gasteiger partial charge in [0.2, 0.25) is 0 Å². The third kappa shape index (κ3) is 5.04. The Morgan fingerprint density at radius 3 is 2.11 bits per heavy atom. The van der Waals surface area contributed by atoms with Crippen LogP contribution >= 0.6 is 0 Å². The second-order valence-corrected chi connectivity index (χ2v) is 6.05. The number of ether oxygens (including phenoxy) is 3. The second kappa shape index (κ2) is 9.46. The lowest BCUT2D eigenvalue weighted by atomic mass is 10.1. The zero-order valence-electron chi connectivity index (χ0n) is 16.0. The lowest BCUT2D eigenvalue weighted by Gasteiger charge is -2.12. The standard InChI is InChI=1S/C23H23NO4/c1-3-27-21-6-4-5-7-22(21)28-16-17-8-10-18(11-9-17)23(25)24-19-12-14-20(26-2)15-13-19/h4-15H,3,16H2,1-2H3,(H,24,25). The van der Waals surface area contributed by atoms with Crippen molar-refractivity contribution in [3.63, 3.8) is 0 Å². The lowest BCUT2D eigenvalue weighted by molar-refractivity contribution is 0.102. The fourth-order valence-electron chi connectivity index (χ4n) is 2.64. The van der Waals surface area contributed by atoms with Gasteiger partial charge in [-0.25, -0.2) is 0 Å². The molecular weight excluding hydrogens is 354 g/mol. The molecule has 0 heterocycles. The summed E-state index contributed by atoms with van der Waals surface area (Å²) in [6, 6.07) is 22.1. The van der Waals surface area contributed by atoms with Gasteiger partial charge in [0.1, 0.15) is 12.4 Å². The molecule has 0 aliphatic rings. The van der Waals surface area contributed by atoms with Gasteiger partial charge in [-0.1, -0.05) is 24.3 Å². The Kier molecular flexibility index (Phi) is 6.52. The predicted octanol–water partition coefficient (Wildman–Crippen LogP) is 4.93. The van der Waals surface area contributed by atoms with Gasteiger partial charge in [0.25, 0.3) is 5.91 Å². The molecule has 3 rings (SSSR count). The average Bonchev–Trinajstić information content (AvgIpc) is 2.74. The summed E-state index contributed by atoms with van der Waals surface area (Å²) in [4.78, 5) is 12.4. The van der Waals surface area contributed by atoms with Gasteiger partial charge in [0.15, 0.2) is 11.5 Å². The van der Waals surface area contributed by atoms with Gasteiger partial charge < -0.3 is 19.5 Å². The Balaban J connectivity index is 1.59. The molecule has 0 bridgehead atoms. The highest BCUT2D eigenvalue weighted by molar-refractivity contribution is 6.04. The Hall–Kier alpha value is -3.47. The number of rotatable bonds is 8. The molecule has 144 valence electrons. The molecule has 1 amide bonds. The SMILES string of the molecule is CCOc1ccccc1OCc1ccc(C(=O)Nc2ccc(OC)cc2)cc1. The molecule has 28 heavy (non-hydrogen) atoms. The minimum atomic E-state index is -0.167. The maximum absolute atomic E-state index is 12.4. The molecule has 0 spiro atoms. The molecule has 0 aliphatic carbocycles. The largest absolute Gasteiger partial charge is 0.497 e. The van der Waals surface area contributed by atoms with Crippen LogP contribution in [0.2, 0.25) is 0 Å². The summed E-state index contributed by atoms with van der Waals surface area (Å²) < 4.78 is 16.5. The van der Waals surface area contributed by atoms with Gasteiger partial charge in [-0.05, 0) is 61.0 Å². The van der Waals surface area contributed by atoms with Crippen molar-refractivity contribution in [3.05, 3.63) is 83.9 Å². The van der Waals surface area contributed by atoms with Crippen LogP contribution in [0.15, 0.2) is 72.8 Å². The van der Waals surface area contributed by atoms with E-state index in [1.54, 1.807) is 43.5 Å². The quantitative estimate of drug-likeness (QED) is 0.605. The number of amides is 1. The Morgan fingerprint density at radius 2 is 1.50 bits per heavy atom. The topological polar surface area (TPSA) is 56.8 Å². The third-order valence-corrected chi connectivity index (χ3v) is 4.11. The molecule has 0 saturated heterocycles. The van der Waals surface area contributed by atoms with E-state index in [1.807, 2.05) is 43.3 Å². The van der Waals surface area contributed by atoms with Crippen molar-refractivity contribution in [2.45, 2.75) is 13.5 Å². The molecule has 0 aromatic heterocycles. The number of carbonyl (C=O) groups is 1. The maximum Gasteiger partial charge on any atom is 0.255 e. The van der Waals surface area contributed by atoms with Crippen LogP contribution in [0.3, 0.4) is 0 Å². The third-order valence-electron chi connectivity index (χ3n) is 4.11. The maximum atomic E-state index is 12.4. The Bertz CT molecular complexity index is 905. The number of para-hydroxylation sites is 2. The highest BCUT2D eigenvalue weighted by Gasteiger charge is 2.08. The van der Waals surface area contributed by atoms with Crippen molar-refractivity contribution in [2.24, 2.45) is 0 Å². The van der Waals surface area contributed by atoms with E-state index in [0.29, 0.717) is 30.2 Å². The number of benzene rings is 3. The number of hydrogen-bond donors (Lipinski definition) is 1. The van der Waals surface area contributed by atoms with E-state index in [0.717, 1.165) is 17.1 Å².